The summed E-state index contributed by atoms with van der Waals surface area (Å²) in [5.74, 6) is 0.842. The monoisotopic (exact) mass is 183 g/mol. The van der Waals surface area contributed by atoms with Crippen LogP contribution in [0, 0.1) is 12.8 Å². The highest BCUT2D eigenvalue weighted by atomic mass is 15.2. The third kappa shape index (κ3) is 2.68. The second kappa shape index (κ2) is 5.61. The van der Waals surface area contributed by atoms with Gasteiger partial charge in [0.15, 0.2) is 0 Å². The first-order valence-corrected chi connectivity index (χ1v) is 5.57. The predicted octanol–water partition coefficient (Wildman–Crippen LogP) is 1.53. The zero-order chi connectivity index (χ0) is 9.68. The Morgan fingerprint density at radius 3 is 2.69 bits per heavy atom. The summed E-state index contributed by atoms with van der Waals surface area (Å²) < 4.78 is 0. The number of rotatable bonds is 4. The van der Waals surface area contributed by atoms with Crippen molar-refractivity contribution in [2.24, 2.45) is 5.92 Å². The largest absolute Gasteiger partial charge is 0.314 e. The van der Waals surface area contributed by atoms with Crippen LogP contribution in [0.15, 0.2) is 0 Å². The third-order valence-corrected chi connectivity index (χ3v) is 3.28. The second-order valence-electron chi connectivity index (χ2n) is 3.88. The number of piperazine rings is 1. The molecule has 0 saturated carbocycles. The Bertz CT molecular complexity index is 125. The lowest BCUT2D eigenvalue weighted by atomic mass is 9.91. The lowest BCUT2D eigenvalue weighted by molar-refractivity contribution is 0.119. The van der Waals surface area contributed by atoms with E-state index in [1.807, 2.05) is 0 Å². The Morgan fingerprint density at radius 2 is 2.15 bits per heavy atom. The van der Waals surface area contributed by atoms with E-state index in [1.165, 1.54) is 19.4 Å². The summed E-state index contributed by atoms with van der Waals surface area (Å²) >= 11 is 0. The lowest BCUT2D eigenvalue weighted by Gasteiger charge is -2.39. The standard InChI is InChI=1S/C11H23N2/c1-4-10(5-2)11-9-12-7-8-13(11)6-3/h10-12H,3-9H2,1-2H3. The summed E-state index contributed by atoms with van der Waals surface area (Å²) in [7, 11) is 0. The van der Waals surface area contributed by atoms with Gasteiger partial charge in [-0.15, -0.1) is 0 Å². The molecule has 0 aromatic heterocycles. The summed E-state index contributed by atoms with van der Waals surface area (Å²) in [5, 5.41) is 3.48. The number of hydrogen-bond donors (Lipinski definition) is 1. The van der Waals surface area contributed by atoms with Crippen molar-refractivity contribution in [3.05, 3.63) is 6.92 Å². The van der Waals surface area contributed by atoms with Crippen molar-refractivity contribution in [2.45, 2.75) is 32.7 Å². The highest BCUT2D eigenvalue weighted by Gasteiger charge is 2.26. The molecule has 1 rings (SSSR count). The molecule has 0 aromatic carbocycles. The highest BCUT2D eigenvalue weighted by Crippen LogP contribution is 2.19. The van der Waals surface area contributed by atoms with Crippen LogP contribution in [-0.2, 0) is 0 Å². The van der Waals surface area contributed by atoms with Gasteiger partial charge in [0.05, 0.1) is 0 Å². The molecule has 77 valence electrons. The van der Waals surface area contributed by atoms with Crippen LogP contribution in [0.4, 0.5) is 0 Å². The first-order chi connectivity index (χ1) is 6.33. The van der Waals surface area contributed by atoms with Crippen LogP contribution in [0.3, 0.4) is 0 Å². The fourth-order valence-electron chi connectivity index (χ4n) is 2.34. The maximum Gasteiger partial charge on any atom is 0.0249 e. The Hall–Kier alpha value is -0.0800. The molecule has 0 aromatic rings. The van der Waals surface area contributed by atoms with Gasteiger partial charge in [0, 0.05) is 25.7 Å². The van der Waals surface area contributed by atoms with E-state index in [-0.39, 0.29) is 0 Å². The van der Waals surface area contributed by atoms with Crippen LogP contribution in [0.1, 0.15) is 26.7 Å². The first kappa shape index (κ1) is 11.0. The Morgan fingerprint density at radius 1 is 1.46 bits per heavy atom. The van der Waals surface area contributed by atoms with E-state index in [2.05, 4.69) is 31.0 Å². The molecule has 1 saturated heterocycles. The van der Waals surface area contributed by atoms with Gasteiger partial charge in [-0.05, 0) is 19.4 Å². The summed E-state index contributed by atoms with van der Waals surface area (Å²) in [5.41, 5.74) is 0. The molecule has 2 heteroatoms. The van der Waals surface area contributed by atoms with Crippen LogP contribution in [0.5, 0.6) is 0 Å². The zero-order valence-corrected chi connectivity index (χ0v) is 9.05. The fourth-order valence-corrected chi connectivity index (χ4v) is 2.34. The van der Waals surface area contributed by atoms with E-state index < -0.39 is 0 Å². The van der Waals surface area contributed by atoms with E-state index in [0.29, 0.717) is 0 Å². The average Bonchev–Trinajstić information content (AvgIpc) is 2.20. The summed E-state index contributed by atoms with van der Waals surface area (Å²) in [6.07, 6.45) is 2.58. The average molecular weight is 183 g/mol. The van der Waals surface area contributed by atoms with Crippen LogP contribution < -0.4 is 5.32 Å². The number of nitrogens with zero attached hydrogens (tertiary/aromatic N) is 1. The smallest absolute Gasteiger partial charge is 0.0249 e. The molecule has 0 bridgehead atoms. The van der Waals surface area contributed by atoms with Crippen molar-refractivity contribution in [1.29, 1.82) is 0 Å². The van der Waals surface area contributed by atoms with Gasteiger partial charge in [-0.3, -0.25) is 4.90 Å². The lowest BCUT2D eigenvalue weighted by Crippen LogP contribution is -2.54. The quantitative estimate of drug-likeness (QED) is 0.711. The van der Waals surface area contributed by atoms with Crippen molar-refractivity contribution < 1.29 is 0 Å². The Kier molecular flexibility index (Phi) is 4.74. The molecule has 1 radical (unpaired) electrons. The van der Waals surface area contributed by atoms with Crippen LogP contribution in [0.2, 0.25) is 0 Å². The minimum atomic E-state index is 0.723. The number of hydrogen-bond acceptors (Lipinski definition) is 2. The predicted molar refractivity (Wildman–Crippen MR) is 57.7 cm³/mol. The van der Waals surface area contributed by atoms with Gasteiger partial charge in [0.2, 0.25) is 0 Å². The minimum absolute atomic E-state index is 0.723. The SMILES string of the molecule is [CH2]CN1CCNCC1C(CC)CC. The van der Waals surface area contributed by atoms with Gasteiger partial charge < -0.3 is 5.32 Å². The van der Waals surface area contributed by atoms with Crippen molar-refractivity contribution >= 4 is 0 Å². The zero-order valence-electron chi connectivity index (χ0n) is 9.05. The first-order valence-electron chi connectivity index (χ1n) is 5.57. The summed E-state index contributed by atoms with van der Waals surface area (Å²) in [4.78, 5) is 2.52. The van der Waals surface area contributed by atoms with E-state index in [9.17, 15) is 0 Å². The molecule has 1 heterocycles. The van der Waals surface area contributed by atoms with Crippen LogP contribution in [0.25, 0.3) is 0 Å². The maximum atomic E-state index is 4.01. The molecule has 1 atom stereocenters. The molecule has 0 spiro atoms. The van der Waals surface area contributed by atoms with Gasteiger partial charge >= 0.3 is 0 Å². The van der Waals surface area contributed by atoms with Gasteiger partial charge in [-0.2, -0.15) is 0 Å². The van der Waals surface area contributed by atoms with Crippen molar-refractivity contribution in [3.63, 3.8) is 0 Å². The molecule has 2 nitrogen and oxygen atoms in total. The van der Waals surface area contributed by atoms with E-state index in [4.69, 9.17) is 0 Å². The van der Waals surface area contributed by atoms with Crippen molar-refractivity contribution in [3.8, 4) is 0 Å². The molecular weight excluding hydrogens is 160 g/mol. The van der Waals surface area contributed by atoms with E-state index in [1.54, 1.807) is 0 Å². The molecule has 1 aliphatic rings. The fraction of sp³-hybridized carbons (Fsp3) is 0.909. The summed E-state index contributed by atoms with van der Waals surface area (Å²) in [6.45, 7) is 13.0. The maximum absolute atomic E-state index is 4.01. The third-order valence-electron chi connectivity index (χ3n) is 3.28. The molecule has 1 unspecified atom stereocenters. The molecule has 1 fully saturated rings. The molecule has 1 N–H and O–H groups in total. The van der Waals surface area contributed by atoms with Crippen LogP contribution >= 0.6 is 0 Å². The Labute approximate surface area is 82.7 Å². The van der Waals surface area contributed by atoms with Crippen molar-refractivity contribution in [2.75, 3.05) is 26.2 Å². The minimum Gasteiger partial charge on any atom is -0.314 e. The molecule has 0 aliphatic carbocycles. The molecule has 13 heavy (non-hydrogen) atoms. The number of nitrogens with one attached hydrogen (secondary N) is 1. The Balaban J connectivity index is 2.51. The van der Waals surface area contributed by atoms with Gasteiger partial charge in [-0.1, -0.05) is 26.7 Å². The van der Waals surface area contributed by atoms with Crippen LogP contribution in [-0.4, -0.2) is 37.1 Å². The molecular formula is C11H23N2. The highest BCUT2D eigenvalue weighted by molar-refractivity contribution is 4.84. The second-order valence-corrected chi connectivity index (χ2v) is 3.88. The van der Waals surface area contributed by atoms with E-state index >= 15 is 0 Å². The summed E-state index contributed by atoms with van der Waals surface area (Å²) in [6, 6.07) is 0.723. The van der Waals surface area contributed by atoms with E-state index in [0.717, 1.165) is 31.6 Å². The molecule has 0 amide bonds. The van der Waals surface area contributed by atoms with Crippen molar-refractivity contribution in [1.82, 2.24) is 10.2 Å². The van der Waals surface area contributed by atoms with Gasteiger partial charge in [-0.25, -0.2) is 0 Å². The topological polar surface area (TPSA) is 15.3 Å². The van der Waals surface area contributed by atoms with Gasteiger partial charge in [0.1, 0.15) is 0 Å². The molecule has 1 aliphatic heterocycles. The normalized spacial score (nSPS) is 25.4. The van der Waals surface area contributed by atoms with Gasteiger partial charge in [0.25, 0.3) is 0 Å².